The van der Waals surface area contributed by atoms with E-state index in [1.807, 2.05) is 18.2 Å². The van der Waals surface area contributed by atoms with E-state index >= 15 is 0 Å². The van der Waals surface area contributed by atoms with Gasteiger partial charge in [0.15, 0.2) is 0 Å². The fourth-order valence-electron chi connectivity index (χ4n) is 1.56. The van der Waals surface area contributed by atoms with Gasteiger partial charge in [-0.1, -0.05) is 0 Å². The highest BCUT2D eigenvalue weighted by molar-refractivity contribution is 14.1. The Morgan fingerprint density at radius 3 is 2.87 bits per heavy atom. The molecular formula is C11H15IN2O. The molecule has 0 bridgehead atoms. The first-order valence-corrected chi connectivity index (χ1v) is 6.21. The maximum atomic E-state index is 9.69. The average molecular weight is 318 g/mol. The maximum Gasteiger partial charge on any atom is 0.0740 e. The van der Waals surface area contributed by atoms with Crippen LogP contribution < -0.4 is 11.1 Å². The van der Waals surface area contributed by atoms with E-state index < -0.39 is 0 Å². The van der Waals surface area contributed by atoms with Gasteiger partial charge in [-0.15, -0.1) is 0 Å². The topological polar surface area (TPSA) is 58.3 Å². The smallest absolute Gasteiger partial charge is 0.0740 e. The van der Waals surface area contributed by atoms with Crippen molar-refractivity contribution in [2.75, 3.05) is 17.6 Å². The summed E-state index contributed by atoms with van der Waals surface area (Å²) in [6.07, 6.45) is 2.08. The summed E-state index contributed by atoms with van der Waals surface area (Å²) in [6, 6.07) is 5.88. The van der Waals surface area contributed by atoms with Gasteiger partial charge in [-0.25, -0.2) is 0 Å². The van der Waals surface area contributed by atoms with Crippen molar-refractivity contribution in [3.63, 3.8) is 0 Å². The fraction of sp³-hybridized carbons (Fsp3) is 0.455. The Kier molecular flexibility index (Phi) is 3.35. The Morgan fingerprint density at radius 2 is 2.27 bits per heavy atom. The van der Waals surface area contributed by atoms with E-state index in [4.69, 9.17) is 5.73 Å². The predicted octanol–water partition coefficient (Wildman–Crippen LogP) is 2.06. The molecule has 1 fully saturated rings. The number of benzene rings is 1. The van der Waals surface area contributed by atoms with E-state index in [1.54, 1.807) is 0 Å². The van der Waals surface area contributed by atoms with E-state index in [0.29, 0.717) is 12.5 Å². The number of anilines is 2. The Balaban J connectivity index is 1.92. The standard InChI is InChI=1S/C11H15IN2O/c12-8-3-4-10(9(13)5-8)14-6-11(15)7-1-2-7/h3-5,7,11,14-15H,1-2,6,13H2. The number of nitrogen functional groups attached to an aromatic ring is 1. The van der Waals surface area contributed by atoms with Gasteiger partial charge in [-0.05, 0) is 59.5 Å². The van der Waals surface area contributed by atoms with Gasteiger partial charge >= 0.3 is 0 Å². The summed E-state index contributed by atoms with van der Waals surface area (Å²) in [4.78, 5) is 0. The largest absolute Gasteiger partial charge is 0.397 e. The Morgan fingerprint density at radius 1 is 1.53 bits per heavy atom. The van der Waals surface area contributed by atoms with Crippen LogP contribution in [0.4, 0.5) is 11.4 Å². The molecule has 0 spiro atoms. The molecule has 82 valence electrons. The summed E-state index contributed by atoms with van der Waals surface area (Å²) in [5.41, 5.74) is 7.50. The third-order valence-electron chi connectivity index (χ3n) is 2.68. The molecule has 4 N–H and O–H groups in total. The van der Waals surface area contributed by atoms with Gasteiger partial charge in [0.2, 0.25) is 0 Å². The van der Waals surface area contributed by atoms with Crippen LogP contribution in [0.5, 0.6) is 0 Å². The molecule has 1 saturated carbocycles. The lowest BCUT2D eigenvalue weighted by Gasteiger charge is -2.13. The number of aliphatic hydroxyl groups excluding tert-OH is 1. The van der Waals surface area contributed by atoms with Crippen LogP contribution in [0.25, 0.3) is 0 Å². The van der Waals surface area contributed by atoms with Crippen LogP contribution in [0.3, 0.4) is 0 Å². The molecule has 2 rings (SSSR count). The molecule has 0 amide bonds. The van der Waals surface area contributed by atoms with Crippen LogP contribution in [0.2, 0.25) is 0 Å². The van der Waals surface area contributed by atoms with Crippen LogP contribution in [0, 0.1) is 9.49 Å². The number of nitrogens with one attached hydrogen (secondary N) is 1. The van der Waals surface area contributed by atoms with Crippen molar-refractivity contribution in [2.24, 2.45) is 5.92 Å². The summed E-state index contributed by atoms with van der Waals surface area (Å²) in [7, 11) is 0. The SMILES string of the molecule is Nc1cc(I)ccc1NCC(O)C1CC1. The van der Waals surface area contributed by atoms with Crippen LogP contribution >= 0.6 is 22.6 Å². The predicted molar refractivity (Wildman–Crippen MR) is 70.8 cm³/mol. The van der Waals surface area contributed by atoms with Crippen molar-refractivity contribution in [1.82, 2.24) is 0 Å². The zero-order valence-electron chi connectivity index (χ0n) is 8.41. The summed E-state index contributed by atoms with van der Waals surface area (Å²) in [6.45, 7) is 0.593. The van der Waals surface area contributed by atoms with Crippen LogP contribution in [-0.2, 0) is 0 Å². The minimum atomic E-state index is -0.233. The van der Waals surface area contributed by atoms with Gasteiger partial charge < -0.3 is 16.2 Å². The van der Waals surface area contributed by atoms with Crippen molar-refractivity contribution in [3.05, 3.63) is 21.8 Å². The lowest BCUT2D eigenvalue weighted by Crippen LogP contribution is -2.21. The molecule has 0 saturated heterocycles. The van der Waals surface area contributed by atoms with Crippen molar-refractivity contribution in [2.45, 2.75) is 18.9 Å². The number of halogens is 1. The molecule has 15 heavy (non-hydrogen) atoms. The third kappa shape index (κ3) is 2.98. The molecule has 1 atom stereocenters. The van der Waals surface area contributed by atoms with Crippen molar-refractivity contribution in [3.8, 4) is 0 Å². The first-order chi connectivity index (χ1) is 7.16. The molecule has 0 aromatic heterocycles. The third-order valence-corrected chi connectivity index (χ3v) is 3.35. The second kappa shape index (κ2) is 4.57. The molecule has 0 heterocycles. The molecule has 1 aromatic rings. The van der Waals surface area contributed by atoms with Gasteiger partial charge in [0, 0.05) is 10.1 Å². The number of hydrogen-bond donors (Lipinski definition) is 3. The second-order valence-corrected chi connectivity index (χ2v) is 5.26. The molecule has 1 aromatic carbocycles. The lowest BCUT2D eigenvalue weighted by atomic mass is 10.2. The summed E-state index contributed by atoms with van der Waals surface area (Å²) < 4.78 is 1.12. The van der Waals surface area contributed by atoms with Crippen LogP contribution in [-0.4, -0.2) is 17.8 Å². The van der Waals surface area contributed by atoms with E-state index in [2.05, 4.69) is 27.9 Å². The molecule has 3 nitrogen and oxygen atoms in total. The first kappa shape index (κ1) is 11.0. The highest BCUT2D eigenvalue weighted by atomic mass is 127. The molecule has 1 aliphatic rings. The van der Waals surface area contributed by atoms with Gasteiger partial charge in [-0.2, -0.15) is 0 Å². The normalized spacial score (nSPS) is 17.5. The summed E-state index contributed by atoms with van der Waals surface area (Å²) >= 11 is 2.23. The Labute approximate surface area is 103 Å². The average Bonchev–Trinajstić information content (AvgIpc) is 2.99. The van der Waals surface area contributed by atoms with Crippen molar-refractivity contribution < 1.29 is 5.11 Å². The maximum absolute atomic E-state index is 9.69. The van der Waals surface area contributed by atoms with E-state index in [-0.39, 0.29) is 6.10 Å². The van der Waals surface area contributed by atoms with Crippen LogP contribution in [0.15, 0.2) is 18.2 Å². The van der Waals surface area contributed by atoms with Gasteiger partial charge in [0.05, 0.1) is 17.5 Å². The van der Waals surface area contributed by atoms with Gasteiger partial charge in [0.25, 0.3) is 0 Å². The van der Waals surface area contributed by atoms with Crippen LogP contribution in [0.1, 0.15) is 12.8 Å². The minimum Gasteiger partial charge on any atom is -0.397 e. The molecule has 1 unspecified atom stereocenters. The fourth-order valence-corrected chi connectivity index (χ4v) is 2.07. The highest BCUT2D eigenvalue weighted by Crippen LogP contribution is 2.32. The zero-order chi connectivity index (χ0) is 10.8. The number of nitrogens with two attached hydrogens (primary N) is 1. The number of aliphatic hydroxyl groups is 1. The molecule has 0 radical (unpaired) electrons. The molecule has 4 heteroatoms. The molecule has 1 aliphatic carbocycles. The molecular weight excluding hydrogens is 303 g/mol. The lowest BCUT2D eigenvalue weighted by molar-refractivity contribution is 0.164. The van der Waals surface area contributed by atoms with Gasteiger partial charge in [-0.3, -0.25) is 0 Å². The number of hydrogen-bond acceptors (Lipinski definition) is 3. The Bertz CT molecular complexity index is 352. The van der Waals surface area contributed by atoms with E-state index in [9.17, 15) is 5.11 Å². The van der Waals surface area contributed by atoms with Gasteiger partial charge in [0.1, 0.15) is 0 Å². The summed E-state index contributed by atoms with van der Waals surface area (Å²) in [5, 5.41) is 12.9. The first-order valence-electron chi connectivity index (χ1n) is 5.14. The second-order valence-electron chi connectivity index (χ2n) is 4.02. The quantitative estimate of drug-likeness (QED) is 0.588. The highest BCUT2D eigenvalue weighted by Gasteiger charge is 2.29. The molecule has 0 aliphatic heterocycles. The van der Waals surface area contributed by atoms with Crippen molar-refractivity contribution in [1.29, 1.82) is 0 Å². The minimum absolute atomic E-state index is 0.233. The monoisotopic (exact) mass is 318 g/mol. The number of rotatable bonds is 4. The van der Waals surface area contributed by atoms with E-state index in [1.165, 1.54) is 0 Å². The zero-order valence-corrected chi connectivity index (χ0v) is 10.6. The van der Waals surface area contributed by atoms with Crippen molar-refractivity contribution >= 4 is 34.0 Å². The summed E-state index contributed by atoms with van der Waals surface area (Å²) in [5.74, 6) is 0.502. The van der Waals surface area contributed by atoms with E-state index in [0.717, 1.165) is 27.8 Å². The Hall–Kier alpha value is -0.490.